The average Bonchev–Trinajstić information content (AvgIpc) is 3.08. The van der Waals surface area contributed by atoms with Gasteiger partial charge >= 0.3 is 5.97 Å². The van der Waals surface area contributed by atoms with Gasteiger partial charge in [-0.2, -0.15) is 5.10 Å². The van der Waals surface area contributed by atoms with E-state index in [0.29, 0.717) is 17.9 Å². The zero-order valence-corrected chi connectivity index (χ0v) is 13.6. The molecule has 0 spiro atoms. The lowest BCUT2D eigenvalue weighted by molar-refractivity contribution is 0.0527. The Balaban J connectivity index is 2.06. The van der Waals surface area contributed by atoms with Crippen molar-refractivity contribution in [3.63, 3.8) is 0 Å². The Bertz CT molecular complexity index is 824. The smallest absolute Gasteiger partial charge is 0.342 e. The summed E-state index contributed by atoms with van der Waals surface area (Å²) in [5, 5.41) is 4.58. The van der Waals surface area contributed by atoms with Gasteiger partial charge in [-0.25, -0.2) is 9.48 Å². The lowest BCUT2D eigenvalue weighted by Gasteiger charge is -2.03. The van der Waals surface area contributed by atoms with E-state index in [1.54, 1.807) is 24.9 Å². The van der Waals surface area contributed by atoms with Crippen LogP contribution in [-0.4, -0.2) is 29.5 Å². The molecule has 2 aromatic carbocycles. The molecule has 0 atom stereocenters. The number of aromatic nitrogens is 2. The van der Waals surface area contributed by atoms with Crippen molar-refractivity contribution in [3.05, 3.63) is 66.4 Å². The number of benzene rings is 2. The maximum absolute atomic E-state index is 12.3. The van der Waals surface area contributed by atoms with Crippen molar-refractivity contribution in [2.24, 2.45) is 0 Å². The van der Waals surface area contributed by atoms with Crippen molar-refractivity contribution in [1.29, 1.82) is 0 Å². The highest BCUT2D eigenvalue weighted by Crippen LogP contribution is 2.25. The van der Waals surface area contributed by atoms with E-state index in [1.165, 1.54) is 0 Å². The molecular weight excluding hydrogens is 304 g/mol. The molecule has 5 nitrogen and oxygen atoms in total. The number of esters is 1. The fraction of sp³-hybridized carbons (Fsp3) is 0.158. The number of nitrogens with zero attached hydrogens (tertiary/aromatic N) is 2. The molecular formula is C19H18N2O3. The van der Waals surface area contributed by atoms with E-state index in [1.807, 2.05) is 54.6 Å². The van der Waals surface area contributed by atoms with Crippen LogP contribution in [0.25, 0.3) is 16.9 Å². The van der Waals surface area contributed by atoms with Crippen LogP contribution >= 0.6 is 0 Å². The summed E-state index contributed by atoms with van der Waals surface area (Å²) in [6, 6.07) is 17.1. The van der Waals surface area contributed by atoms with Gasteiger partial charge in [0.05, 0.1) is 19.4 Å². The van der Waals surface area contributed by atoms with Gasteiger partial charge in [-0.1, -0.05) is 30.3 Å². The van der Waals surface area contributed by atoms with Crippen LogP contribution in [0.15, 0.2) is 60.8 Å². The summed E-state index contributed by atoms with van der Waals surface area (Å²) < 4.78 is 12.0. The number of ether oxygens (including phenoxy) is 2. The van der Waals surface area contributed by atoms with Crippen molar-refractivity contribution in [3.8, 4) is 22.7 Å². The maximum Gasteiger partial charge on any atom is 0.342 e. The molecule has 0 unspecified atom stereocenters. The van der Waals surface area contributed by atoms with Gasteiger partial charge in [0.25, 0.3) is 0 Å². The summed E-state index contributed by atoms with van der Waals surface area (Å²) in [5.74, 6) is 0.385. The molecule has 0 saturated heterocycles. The van der Waals surface area contributed by atoms with E-state index in [-0.39, 0.29) is 5.97 Å². The molecule has 0 saturated carbocycles. The third-order valence-corrected chi connectivity index (χ3v) is 3.59. The van der Waals surface area contributed by atoms with Gasteiger partial charge in [0, 0.05) is 11.8 Å². The standard InChI is InChI=1S/C19H18N2O3/c1-3-24-19(22)17-13-21(15-9-11-16(23-2)12-10-15)20-18(17)14-7-5-4-6-8-14/h4-13H,3H2,1-2H3. The highest BCUT2D eigenvalue weighted by atomic mass is 16.5. The summed E-state index contributed by atoms with van der Waals surface area (Å²) in [6.45, 7) is 2.11. The molecule has 3 aromatic rings. The fourth-order valence-corrected chi connectivity index (χ4v) is 2.41. The zero-order valence-electron chi connectivity index (χ0n) is 13.6. The number of rotatable bonds is 5. The second-order valence-electron chi connectivity index (χ2n) is 5.12. The van der Waals surface area contributed by atoms with Crippen molar-refractivity contribution in [2.75, 3.05) is 13.7 Å². The number of carbonyl (C=O) groups excluding carboxylic acids is 1. The summed E-state index contributed by atoms with van der Waals surface area (Å²) >= 11 is 0. The third kappa shape index (κ3) is 3.15. The van der Waals surface area contributed by atoms with E-state index in [0.717, 1.165) is 17.0 Å². The van der Waals surface area contributed by atoms with Crippen LogP contribution in [-0.2, 0) is 4.74 Å². The Morgan fingerprint density at radius 3 is 2.42 bits per heavy atom. The van der Waals surface area contributed by atoms with E-state index in [9.17, 15) is 4.79 Å². The van der Waals surface area contributed by atoms with Gasteiger partial charge in [-0.3, -0.25) is 0 Å². The lowest BCUT2D eigenvalue weighted by atomic mass is 10.1. The Kier molecular flexibility index (Phi) is 4.61. The topological polar surface area (TPSA) is 53.4 Å². The monoisotopic (exact) mass is 322 g/mol. The molecule has 0 radical (unpaired) electrons. The first kappa shape index (κ1) is 15.8. The van der Waals surface area contributed by atoms with E-state index < -0.39 is 0 Å². The SMILES string of the molecule is CCOC(=O)c1cn(-c2ccc(OC)cc2)nc1-c1ccccc1. The Labute approximate surface area is 140 Å². The van der Waals surface area contributed by atoms with Gasteiger partial charge in [-0.15, -0.1) is 0 Å². The number of hydrogen-bond donors (Lipinski definition) is 0. The number of hydrogen-bond acceptors (Lipinski definition) is 4. The second kappa shape index (κ2) is 7.00. The quantitative estimate of drug-likeness (QED) is 0.672. The first-order chi connectivity index (χ1) is 11.7. The van der Waals surface area contributed by atoms with Crippen molar-refractivity contribution >= 4 is 5.97 Å². The first-order valence-electron chi connectivity index (χ1n) is 7.69. The maximum atomic E-state index is 12.3. The van der Waals surface area contributed by atoms with E-state index in [4.69, 9.17) is 9.47 Å². The molecule has 1 aromatic heterocycles. The van der Waals surface area contributed by atoms with Crippen LogP contribution in [0.4, 0.5) is 0 Å². The van der Waals surface area contributed by atoms with Crippen LogP contribution in [0.5, 0.6) is 5.75 Å². The predicted molar refractivity (Wildman–Crippen MR) is 91.5 cm³/mol. The van der Waals surface area contributed by atoms with Crippen LogP contribution < -0.4 is 4.74 Å². The van der Waals surface area contributed by atoms with Crippen LogP contribution in [0.1, 0.15) is 17.3 Å². The summed E-state index contributed by atoms with van der Waals surface area (Å²) in [7, 11) is 1.62. The van der Waals surface area contributed by atoms with Gasteiger partial charge in [-0.05, 0) is 31.2 Å². The number of methoxy groups -OCH3 is 1. The zero-order chi connectivity index (χ0) is 16.9. The number of carbonyl (C=O) groups is 1. The van der Waals surface area contributed by atoms with Crippen LogP contribution in [0.2, 0.25) is 0 Å². The molecule has 5 heteroatoms. The van der Waals surface area contributed by atoms with Crippen molar-refractivity contribution < 1.29 is 14.3 Å². The Hall–Kier alpha value is -3.08. The molecule has 0 fully saturated rings. The fourth-order valence-electron chi connectivity index (χ4n) is 2.41. The molecule has 0 aliphatic heterocycles. The molecule has 1 heterocycles. The minimum Gasteiger partial charge on any atom is -0.497 e. The minimum atomic E-state index is -0.379. The molecule has 0 aliphatic rings. The van der Waals surface area contributed by atoms with Crippen LogP contribution in [0.3, 0.4) is 0 Å². The lowest BCUT2D eigenvalue weighted by Crippen LogP contribution is -2.04. The molecule has 0 bridgehead atoms. The Morgan fingerprint density at radius 1 is 1.08 bits per heavy atom. The molecule has 0 aliphatic carbocycles. The van der Waals surface area contributed by atoms with Gasteiger partial charge in [0.15, 0.2) is 0 Å². The van der Waals surface area contributed by atoms with Crippen molar-refractivity contribution in [2.45, 2.75) is 6.92 Å². The highest BCUT2D eigenvalue weighted by molar-refractivity contribution is 5.96. The highest BCUT2D eigenvalue weighted by Gasteiger charge is 2.19. The third-order valence-electron chi connectivity index (χ3n) is 3.59. The largest absolute Gasteiger partial charge is 0.497 e. The predicted octanol–water partition coefficient (Wildman–Crippen LogP) is 3.72. The summed E-state index contributed by atoms with van der Waals surface area (Å²) in [4.78, 5) is 12.3. The molecule has 3 rings (SSSR count). The van der Waals surface area contributed by atoms with Gasteiger partial charge in [0.2, 0.25) is 0 Å². The second-order valence-corrected chi connectivity index (χ2v) is 5.12. The summed E-state index contributed by atoms with van der Waals surface area (Å²) in [6.07, 6.45) is 1.70. The summed E-state index contributed by atoms with van der Waals surface area (Å²) in [5.41, 5.74) is 2.75. The normalized spacial score (nSPS) is 10.4. The van der Waals surface area contributed by atoms with Crippen molar-refractivity contribution in [1.82, 2.24) is 9.78 Å². The molecule has 0 N–H and O–H groups in total. The molecule has 122 valence electrons. The van der Waals surface area contributed by atoms with Crippen LogP contribution in [0, 0.1) is 0 Å². The average molecular weight is 322 g/mol. The Morgan fingerprint density at radius 2 is 1.79 bits per heavy atom. The first-order valence-corrected chi connectivity index (χ1v) is 7.69. The molecule has 24 heavy (non-hydrogen) atoms. The van der Waals surface area contributed by atoms with E-state index in [2.05, 4.69) is 5.10 Å². The van der Waals surface area contributed by atoms with E-state index >= 15 is 0 Å². The van der Waals surface area contributed by atoms with Gasteiger partial charge < -0.3 is 9.47 Å². The minimum absolute atomic E-state index is 0.320. The molecule has 0 amide bonds. The van der Waals surface area contributed by atoms with Gasteiger partial charge in [0.1, 0.15) is 17.0 Å².